The smallest absolute Gasteiger partial charge is 0.200 e. The molecular formula is C31H42NSi+. The summed E-state index contributed by atoms with van der Waals surface area (Å²) in [5, 5.41) is 4.49. The van der Waals surface area contributed by atoms with Crippen molar-refractivity contribution in [2.45, 2.75) is 90.8 Å². The predicted octanol–water partition coefficient (Wildman–Crippen LogP) is 7.71. The second kappa shape index (κ2) is 8.38. The Morgan fingerprint density at radius 2 is 1.64 bits per heavy atom. The van der Waals surface area contributed by atoms with Gasteiger partial charge >= 0.3 is 0 Å². The molecule has 2 aliphatic rings. The van der Waals surface area contributed by atoms with Gasteiger partial charge in [-0.25, -0.2) is 4.57 Å². The zero-order valence-corrected chi connectivity index (χ0v) is 22.7. The lowest BCUT2D eigenvalue weighted by Gasteiger charge is -2.40. The molecule has 0 amide bonds. The van der Waals surface area contributed by atoms with Crippen LogP contribution < -0.4 is 9.75 Å². The maximum Gasteiger partial charge on any atom is 0.220 e. The van der Waals surface area contributed by atoms with E-state index in [9.17, 15) is 0 Å². The van der Waals surface area contributed by atoms with Crippen LogP contribution in [0.2, 0.25) is 18.6 Å². The molecule has 3 aromatic rings. The summed E-state index contributed by atoms with van der Waals surface area (Å²) >= 11 is 0. The van der Waals surface area contributed by atoms with E-state index in [1.807, 2.05) is 0 Å². The first-order chi connectivity index (χ1) is 15.7. The molecule has 2 fully saturated rings. The van der Waals surface area contributed by atoms with Gasteiger partial charge in [-0.15, -0.1) is 0 Å². The summed E-state index contributed by atoms with van der Waals surface area (Å²) in [5.74, 6) is 0.747. The average Bonchev–Trinajstić information content (AvgIpc) is 3.33. The fourth-order valence-corrected chi connectivity index (χ4v) is 10.8. The Morgan fingerprint density at radius 1 is 0.939 bits per heavy atom. The van der Waals surface area contributed by atoms with Crippen LogP contribution in [0.5, 0.6) is 0 Å². The predicted molar refractivity (Wildman–Crippen MR) is 145 cm³/mol. The van der Waals surface area contributed by atoms with E-state index in [0.29, 0.717) is 5.41 Å². The van der Waals surface area contributed by atoms with Gasteiger partial charge in [-0.05, 0) is 72.2 Å². The first kappa shape index (κ1) is 22.8. The Labute approximate surface area is 202 Å². The quantitative estimate of drug-likeness (QED) is 0.281. The number of rotatable bonds is 3. The van der Waals surface area contributed by atoms with Crippen molar-refractivity contribution in [2.24, 2.45) is 12.5 Å². The molecule has 1 saturated heterocycles. The third kappa shape index (κ3) is 4.20. The Balaban J connectivity index is 1.61. The second-order valence-electron chi connectivity index (χ2n) is 12.3. The molecule has 1 aliphatic heterocycles. The van der Waals surface area contributed by atoms with Crippen molar-refractivity contribution in [3.8, 4) is 11.3 Å². The molecule has 1 aromatic heterocycles. The highest BCUT2D eigenvalue weighted by Gasteiger charge is 2.38. The van der Waals surface area contributed by atoms with Crippen molar-refractivity contribution in [2.75, 3.05) is 0 Å². The van der Waals surface area contributed by atoms with Crippen LogP contribution in [0.15, 0.2) is 42.6 Å². The number of benzene rings is 2. The van der Waals surface area contributed by atoms with Gasteiger partial charge in [0.2, 0.25) is 5.69 Å². The van der Waals surface area contributed by atoms with Crippen LogP contribution in [-0.4, -0.2) is 8.07 Å². The van der Waals surface area contributed by atoms with Crippen LogP contribution in [-0.2, 0) is 7.05 Å². The molecule has 1 saturated carbocycles. The van der Waals surface area contributed by atoms with E-state index in [0.717, 1.165) is 5.92 Å². The number of aromatic nitrogens is 1. The van der Waals surface area contributed by atoms with Crippen LogP contribution in [0.3, 0.4) is 0 Å². The van der Waals surface area contributed by atoms with E-state index in [-0.39, 0.29) is 0 Å². The molecule has 0 unspecified atom stereocenters. The molecule has 1 aliphatic carbocycles. The zero-order chi connectivity index (χ0) is 23.4. The summed E-state index contributed by atoms with van der Waals surface area (Å²) in [6.45, 7) is 12.2. The molecule has 2 heterocycles. The van der Waals surface area contributed by atoms with Gasteiger partial charge in [0.05, 0.1) is 19.0 Å². The molecule has 0 atom stereocenters. The highest BCUT2D eigenvalue weighted by Crippen LogP contribution is 2.41. The number of hydrogen-bond donors (Lipinski definition) is 0. The molecule has 0 spiro atoms. The molecule has 2 heteroatoms. The van der Waals surface area contributed by atoms with Crippen molar-refractivity contribution in [3.05, 3.63) is 59.3 Å². The summed E-state index contributed by atoms with van der Waals surface area (Å²) in [6, 6.07) is 17.7. The fraction of sp³-hybridized carbons (Fsp3) is 0.516. The summed E-state index contributed by atoms with van der Waals surface area (Å²) in [7, 11) is 0.839. The summed E-state index contributed by atoms with van der Waals surface area (Å²) in [6.07, 6.45) is 10.5. The molecule has 33 heavy (non-hydrogen) atoms. The lowest BCUT2D eigenvalue weighted by atomic mass is 9.87. The number of fused-ring (bicyclic) bond motifs is 1. The number of aryl methyl sites for hydroxylation is 2. The molecular weight excluding hydrogens is 414 g/mol. The largest absolute Gasteiger partial charge is 0.220 e. The number of hydrogen-bond acceptors (Lipinski definition) is 0. The molecule has 0 bridgehead atoms. The topological polar surface area (TPSA) is 3.88 Å². The second-order valence-corrected chi connectivity index (χ2v) is 17.0. The Hall–Kier alpha value is -1.93. The van der Waals surface area contributed by atoms with Gasteiger partial charge in [-0.3, -0.25) is 0 Å². The van der Waals surface area contributed by atoms with Gasteiger partial charge in [-0.2, -0.15) is 0 Å². The summed E-state index contributed by atoms with van der Waals surface area (Å²) < 4.78 is 2.35. The third-order valence-corrected chi connectivity index (χ3v) is 13.7. The molecule has 2 aromatic carbocycles. The first-order valence-electron chi connectivity index (χ1n) is 13.2. The van der Waals surface area contributed by atoms with Crippen LogP contribution in [0.1, 0.15) is 75.0 Å². The summed E-state index contributed by atoms with van der Waals surface area (Å²) in [5.41, 5.74) is 7.78. The maximum absolute atomic E-state index is 2.63. The third-order valence-electron chi connectivity index (χ3n) is 9.31. The van der Waals surface area contributed by atoms with Crippen molar-refractivity contribution >= 4 is 24.0 Å². The summed E-state index contributed by atoms with van der Waals surface area (Å²) in [4.78, 5) is 0. The van der Waals surface area contributed by atoms with Crippen molar-refractivity contribution < 1.29 is 4.57 Å². The van der Waals surface area contributed by atoms with E-state index in [2.05, 4.69) is 88.5 Å². The molecule has 174 valence electrons. The number of nitrogens with zero attached hydrogens (tertiary/aromatic N) is 1. The van der Waals surface area contributed by atoms with Crippen LogP contribution in [0.4, 0.5) is 0 Å². The normalized spacial score (nSPS) is 20.4. The fourth-order valence-electron chi connectivity index (χ4n) is 6.48. The SMILES string of the molecule is Cc1cc(C2CCCC2)cc(-c2c3ccc([Si]4(C)CCC(C)(C)CC4)cc3cc[n+]2C)c1C. The van der Waals surface area contributed by atoms with E-state index in [1.165, 1.54) is 83.8 Å². The van der Waals surface area contributed by atoms with Crippen LogP contribution in [0.25, 0.3) is 22.0 Å². The number of pyridine rings is 1. The lowest BCUT2D eigenvalue weighted by Crippen LogP contribution is -2.48. The minimum absolute atomic E-state index is 0.532. The van der Waals surface area contributed by atoms with Gasteiger partial charge in [0, 0.05) is 6.07 Å². The molecule has 0 N–H and O–H groups in total. The van der Waals surface area contributed by atoms with Gasteiger partial charge in [0.15, 0.2) is 6.20 Å². The van der Waals surface area contributed by atoms with Crippen molar-refractivity contribution in [1.29, 1.82) is 0 Å². The van der Waals surface area contributed by atoms with E-state index >= 15 is 0 Å². The highest BCUT2D eigenvalue weighted by atomic mass is 28.3. The molecule has 1 nitrogen and oxygen atoms in total. The maximum atomic E-state index is 2.63. The van der Waals surface area contributed by atoms with Crippen LogP contribution >= 0.6 is 0 Å². The molecule has 5 rings (SSSR count). The van der Waals surface area contributed by atoms with Crippen molar-refractivity contribution in [1.82, 2.24) is 0 Å². The lowest BCUT2D eigenvalue weighted by molar-refractivity contribution is -0.659. The standard InChI is InChI=1S/C31H42NSi/c1-22-19-26(24-9-7-8-10-24)21-29(23(22)2)30-28-12-11-27(20-25(28)13-16-32(30)5)33(6)17-14-31(3,4)15-18-33/h11-13,16,19-21,24H,7-10,14-15,17-18H2,1-6H3/q+1. The van der Waals surface area contributed by atoms with E-state index in [1.54, 1.807) is 10.8 Å². The van der Waals surface area contributed by atoms with E-state index in [4.69, 9.17) is 0 Å². The van der Waals surface area contributed by atoms with Gasteiger partial charge in [0.1, 0.15) is 7.05 Å². The highest BCUT2D eigenvalue weighted by molar-refractivity contribution is 6.91. The Bertz CT molecular complexity index is 1190. The Morgan fingerprint density at radius 3 is 2.33 bits per heavy atom. The first-order valence-corrected chi connectivity index (χ1v) is 16.1. The average molecular weight is 457 g/mol. The van der Waals surface area contributed by atoms with Crippen molar-refractivity contribution in [3.63, 3.8) is 0 Å². The van der Waals surface area contributed by atoms with Gasteiger partial charge in [-0.1, -0.05) is 81.6 Å². The van der Waals surface area contributed by atoms with Gasteiger partial charge in [0.25, 0.3) is 0 Å². The van der Waals surface area contributed by atoms with Crippen LogP contribution in [0, 0.1) is 19.3 Å². The molecule has 0 radical (unpaired) electrons. The monoisotopic (exact) mass is 456 g/mol. The van der Waals surface area contributed by atoms with E-state index < -0.39 is 8.07 Å². The van der Waals surface area contributed by atoms with Gasteiger partial charge < -0.3 is 0 Å². The Kier molecular flexibility index (Phi) is 5.80. The zero-order valence-electron chi connectivity index (χ0n) is 21.7. The minimum atomic E-state index is -1.38. The minimum Gasteiger partial charge on any atom is -0.200 e.